The number of nitrogens with zero attached hydrogens (tertiary/aromatic N) is 2. The Hall–Kier alpha value is -4.79. The van der Waals surface area contributed by atoms with E-state index in [1.165, 1.54) is 56.7 Å². The third kappa shape index (κ3) is 9.68. The molecule has 0 aliphatic heterocycles. The normalized spacial score (nSPS) is 12.6. The van der Waals surface area contributed by atoms with Gasteiger partial charge in [-0.05, 0) is 84.7 Å². The molecule has 5 nitrogen and oxygen atoms in total. The molecule has 296 valence electrons. The van der Waals surface area contributed by atoms with Gasteiger partial charge in [-0.15, -0.1) is 11.3 Å². The van der Waals surface area contributed by atoms with Crippen LogP contribution in [-0.2, 0) is 6.42 Å². The number of hydrogen-bond acceptors (Lipinski definition) is 7. The summed E-state index contributed by atoms with van der Waals surface area (Å²) in [6, 6.07) is 35.1. The van der Waals surface area contributed by atoms with Crippen molar-refractivity contribution in [2.24, 2.45) is 11.8 Å². The Labute approximate surface area is 346 Å². The minimum absolute atomic E-state index is 0.152. The Morgan fingerprint density at radius 1 is 0.649 bits per heavy atom. The Kier molecular flexibility index (Phi) is 13.9. The van der Waals surface area contributed by atoms with Crippen LogP contribution in [0.2, 0.25) is 0 Å². The van der Waals surface area contributed by atoms with E-state index < -0.39 is 0 Å². The van der Waals surface area contributed by atoms with Crippen molar-refractivity contribution in [3.05, 3.63) is 115 Å². The van der Waals surface area contributed by atoms with Gasteiger partial charge >= 0.3 is 0 Å². The molecule has 2 unspecified atom stereocenters. The predicted molar refractivity (Wildman–Crippen MR) is 243 cm³/mol. The van der Waals surface area contributed by atoms with Gasteiger partial charge in [0.2, 0.25) is 0 Å². The van der Waals surface area contributed by atoms with E-state index in [2.05, 4.69) is 123 Å². The van der Waals surface area contributed by atoms with Crippen molar-refractivity contribution in [1.29, 1.82) is 0 Å². The van der Waals surface area contributed by atoms with Crippen LogP contribution in [0.5, 0.6) is 5.75 Å². The second-order valence-corrected chi connectivity index (χ2v) is 16.9. The summed E-state index contributed by atoms with van der Waals surface area (Å²) in [4.78, 5) is 1.97. The Bertz CT molecular complexity index is 2370. The van der Waals surface area contributed by atoms with Gasteiger partial charge in [0, 0.05) is 37.2 Å². The number of fused-ring (bicyclic) bond motifs is 2. The van der Waals surface area contributed by atoms with Crippen molar-refractivity contribution in [2.45, 2.75) is 91.9 Å². The topological polar surface area (TPSA) is 59.1 Å². The maximum atomic E-state index is 15.5. The van der Waals surface area contributed by atoms with Crippen molar-refractivity contribution in [3.63, 3.8) is 0 Å². The minimum atomic E-state index is -0.152. The van der Waals surface area contributed by atoms with Crippen molar-refractivity contribution in [1.82, 2.24) is 8.75 Å². The zero-order chi connectivity index (χ0) is 39.6. The molecule has 2 aromatic heterocycles. The number of rotatable bonds is 20. The van der Waals surface area contributed by atoms with Gasteiger partial charge in [-0.25, -0.2) is 4.39 Å². The number of anilines is 2. The molecule has 0 saturated carbocycles. The summed E-state index contributed by atoms with van der Waals surface area (Å²) in [5.74, 6) is 2.06. The first-order chi connectivity index (χ1) is 28.0. The quantitative estimate of drug-likeness (QED) is 0.0752. The van der Waals surface area contributed by atoms with Gasteiger partial charge in [-0.3, -0.25) is 0 Å². The molecule has 0 bridgehead atoms. The molecule has 7 aromatic rings. The van der Waals surface area contributed by atoms with E-state index >= 15 is 4.39 Å². The van der Waals surface area contributed by atoms with Crippen LogP contribution in [0.3, 0.4) is 0 Å². The highest BCUT2D eigenvalue weighted by Gasteiger charge is 2.17. The standard InChI is InChI=1S/C49H55FN4OS2/c1-5-9-13-33(7-3)17-18-35-19-24-41(43(50)31-35)46-29-30-47(56-46)42-26-25-38(48-49(42)54-57-53-48)36-20-22-37(23-21-36)51-52-44-27-28-45(40-16-12-11-15-39(40)44)55-32-34(8-4)14-10-6-2/h11-12,15-16,19-31,33-34,51-52H,5-10,13-14,17-18,32H2,1-4H3. The summed E-state index contributed by atoms with van der Waals surface area (Å²) < 4.78 is 31.3. The van der Waals surface area contributed by atoms with Crippen LogP contribution in [0.25, 0.3) is 53.8 Å². The van der Waals surface area contributed by atoms with E-state index in [0.29, 0.717) is 17.4 Å². The summed E-state index contributed by atoms with van der Waals surface area (Å²) >= 11 is 2.82. The molecule has 0 spiro atoms. The molecule has 2 N–H and O–H groups in total. The van der Waals surface area contributed by atoms with Crippen molar-refractivity contribution >= 4 is 56.2 Å². The van der Waals surface area contributed by atoms with Crippen LogP contribution in [-0.4, -0.2) is 15.4 Å². The average Bonchev–Trinajstić information content (AvgIpc) is 3.95. The Balaban J connectivity index is 1.02. The molecule has 57 heavy (non-hydrogen) atoms. The van der Waals surface area contributed by atoms with Crippen molar-refractivity contribution in [3.8, 4) is 37.8 Å². The van der Waals surface area contributed by atoms with Gasteiger partial charge in [-0.1, -0.05) is 133 Å². The van der Waals surface area contributed by atoms with Crippen molar-refractivity contribution in [2.75, 3.05) is 17.5 Å². The molecule has 0 saturated heterocycles. The zero-order valence-electron chi connectivity index (χ0n) is 33.7. The van der Waals surface area contributed by atoms with Gasteiger partial charge in [0.15, 0.2) is 0 Å². The fourth-order valence-corrected chi connectivity index (χ4v) is 9.37. The lowest BCUT2D eigenvalue weighted by molar-refractivity contribution is 0.235. The summed E-state index contributed by atoms with van der Waals surface area (Å²) in [5, 5.41) is 2.21. The first-order valence-electron chi connectivity index (χ1n) is 20.9. The van der Waals surface area contributed by atoms with Crippen LogP contribution in [0.4, 0.5) is 15.8 Å². The van der Waals surface area contributed by atoms with Crippen LogP contribution >= 0.6 is 23.1 Å². The lowest BCUT2D eigenvalue weighted by Gasteiger charge is -2.18. The minimum Gasteiger partial charge on any atom is -0.493 e. The Morgan fingerprint density at radius 3 is 2.04 bits per heavy atom. The average molecular weight is 799 g/mol. The maximum Gasteiger partial charge on any atom is 0.132 e. The first kappa shape index (κ1) is 40.4. The summed E-state index contributed by atoms with van der Waals surface area (Å²) in [7, 11) is 0. The first-order valence-corrected chi connectivity index (χ1v) is 22.4. The van der Waals surface area contributed by atoms with E-state index in [0.717, 1.165) is 96.8 Å². The zero-order valence-corrected chi connectivity index (χ0v) is 35.4. The van der Waals surface area contributed by atoms with E-state index in [1.807, 2.05) is 12.1 Å². The van der Waals surface area contributed by atoms with Crippen LogP contribution in [0, 0.1) is 17.7 Å². The monoisotopic (exact) mass is 798 g/mol. The molecule has 5 aromatic carbocycles. The number of benzene rings is 5. The molecule has 0 aliphatic rings. The summed E-state index contributed by atoms with van der Waals surface area (Å²) in [6.07, 6.45) is 11.8. The molecule has 0 fully saturated rings. The number of hydrogen-bond donors (Lipinski definition) is 2. The van der Waals surface area contributed by atoms with E-state index in [4.69, 9.17) is 13.5 Å². The number of aryl methyl sites for hydroxylation is 1. The fourth-order valence-electron chi connectivity index (χ4n) is 7.74. The highest BCUT2D eigenvalue weighted by molar-refractivity contribution is 7.19. The molecule has 8 heteroatoms. The smallest absolute Gasteiger partial charge is 0.132 e. The molecular formula is C49H55FN4OS2. The second-order valence-electron chi connectivity index (χ2n) is 15.3. The van der Waals surface area contributed by atoms with Crippen LogP contribution in [0.1, 0.15) is 91.0 Å². The van der Waals surface area contributed by atoms with Crippen LogP contribution < -0.4 is 15.6 Å². The van der Waals surface area contributed by atoms with Gasteiger partial charge < -0.3 is 15.6 Å². The third-order valence-electron chi connectivity index (χ3n) is 11.4. The van der Waals surface area contributed by atoms with Gasteiger partial charge in [0.1, 0.15) is 22.6 Å². The summed E-state index contributed by atoms with van der Waals surface area (Å²) in [6.45, 7) is 9.76. The van der Waals surface area contributed by atoms with E-state index in [1.54, 1.807) is 17.4 Å². The number of halogens is 1. The number of aromatic nitrogens is 2. The molecule has 0 amide bonds. The molecule has 2 atom stereocenters. The van der Waals surface area contributed by atoms with Crippen molar-refractivity contribution < 1.29 is 9.13 Å². The largest absolute Gasteiger partial charge is 0.493 e. The molecule has 2 heterocycles. The second kappa shape index (κ2) is 19.6. The number of unbranched alkanes of at least 4 members (excludes halogenated alkanes) is 2. The van der Waals surface area contributed by atoms with E-state index in [-0.39, 0.29) is 5.82 Å². The Morgan fingerprint density at radius 2 is 1.32 bits per heavy atom. The molecule has 0 aliphatic carbocycles. The van der Waals surface area contributed by atoms with Gasteiger partial charge in [-0.2, -0.15) is 8.75 Å². The molecule has 7 rings (SSSR count). The number of ether oxygens (including phenoxy) is 1. The summed E-state index contributed by atoms with van der Waals surface area (Å²) in [5.41, 5.74) is 15.3. The predicted octanol–water partition coefficient (Wildman–Crippen LogP) is 15.2. The van der Waals surface area contributed by atoms with Gasteiger partial charge in [0.25, 0.3) is 0 Å². The molecular weight excluding hydrogens is 744 g/mol. The number of hydrazine groups is 1. The number of thiophene rings is 1. The van der Waals surface area contributed by atoms with Gasteiger partial charge in [0.05, 0.1) is 29.7 Å². The SMILES string of the molecule is CCCCC(CC)CCc1ccc(-c2ccc(-c3ccc(-c4ccc(NNc5ccc(OCC(CC)CCCC)c6ccccc56)cc4)c4nsnc34)s2)c(F)c1. The fraction of sp³-hybridized carbons (Fsp3) is 0.347. The maximum absolute atomic E-state index is 15.5. The lowest BCUT2D eigenvalue weighted by Crippen LogP contribution is -2.12. The highest BCUT2D eigenvalue weighted by Crippen LogP contribution is 2.41. The third-order valence-corrected chi connectivity index (χ3v) is 13.1. The molecule has 0 radical (unpaired) electrons. The van der Waals surface area contributed by atoms with Crippen LogP contribution in [0.15, 0.2) is 103 Å². The number of nitrogens with one attached hydrogen (secondary N) is 2. The highest BCUT2D eigenvalue weighted by atomic mass is 32.1. The van der Waals surface area contributed by atoms with E-state index in [9.17, 15) is 0 Å². The lowest BCUT2D eigenvalue weighted by atomic mass is 9.92.